The zero-order valence-corrected chi connectivity index (χ0v) is 22.3. The summed E-state index contributed by atoms with van der Waals surface area (Å²) >= 11 is 6.54. The average molecular weight is 508 g/mol. The van der Waals surface area contributed by atoms with Crippen LogP contribution in [-0.2, 0) is 23.1 Å². The lowest BCUT2D eigenvalue weighted by Gasteiger charge is -2.38. The number of aromatic amines is 1. The number of nitrogens with one attached hydrogen (secondary N) is 1. The maximum Gasteiger partial charge on any atom is 0.245 e. The quantitative estimate of drug-likeness (QED) is 0.329. The van der Waals surface area contributed by atoms with Crippen molar-refractivity contribution >= 4 is 34.2 Å². The molecule has 1 aromatic carbocycles. The van der Waals surface area contributed by atoms with Gasteiger partial charge in [0.1, 0.15) is 11.5 Å². The van der Waals surface area contributed by atoms with Gasteiger partial charge in [0.25, 0.3) is 0 Å². The largest absolute Gasteiger partial charge is 0.338 e. The van der Waals surface area contributed by atoms with E-state index in [1.54, 1.807) is 4.90 Å². The molecule has 3 aromatic rings. The molecule has 0 unspecified atom stereocenters. The molecule has 8 heteroatoms. The Balaban J connectivity index is 1.35. The van der Waals surface area contributed by atoms with E-state index in [-0.39, 0.29) is 23.0 Å². The Morgan fingerprint density at radius 1 is 1.22 bits per heavy atom. The topological polar surface area (TPSA) is 83.9 Å². The van der Waals surface area contributed by atoms with Gasteiger partial charge < -0.3 is 9.47 Å². The van der Waals surface area contributed by atoms with Gasteiger partial charge in [0.05, 0.1) is 11.2 Å². The molecule has 5 rings (SSSR count). The van der Waals surface area contributed by atoms with Gasteiger partial charge in [-0.25, -0.2) is 4.98 Å². The van der Waals surface area contributed by atoms with Crippen LogP contribution in [0.15, 0.2) is 24.8 Å². The number of hydrogen-bond donors (Lipinski definition) is 1. The molecule has 2 fully saturated rings. The molecule has 0 radical (unpaired) electrons. The van der Waals surface area contributed by atoms with Gasteiger partial charge in [-0.3, -0.25) is 14.7 Å². The number of Topliss-reactive ketones (excluding diaryl/α,β-unsaturated/α-hetero) is 1. The molecule has 2 aromatic heterocycles. The zero-order valence-electron chi connectivity index (χ0n) is 21.5. The molecule has 1 saturated heterocycles. The lowest BCUT2D eigenvalue weighted by molar-refractivity contribution is -0.132. The van der Waals surface area contributed by atoms with E-state index >= 15 is 0 Å². The number of aromatic nitrogens is 4. The van der Waals surface area contributed by atoms with Crippen LogP contribution < -0.4 is 0 Å². The number of H-pyrrole nitrogens is 1. The number of carbonyl (C=O) groups excluding carboxylic acids is 2. The SMILES string of the molecule is C=CC(=O)N1CC(CC(=O)c2c(C)nc(CCc3[nH]nc4cc(Cl)c(C(C)(C)C)cc34)n2C2CC2)C1. The highest BCUT2D eigenvalue weighted by Crippen LogP contribution is 2.39. The molecule has 1 saturated carbocycles. The van der Waals surface area contributed by atoms with Crippen molar-refractivity contribution in [3.63, 3.8) is 0 Å². The first-order valence-electron chi connectivity index (χ1n) is 12.8. The van der Waals surface area contributed by atoms with Gasteiger partial charge >= 0.3 is 0 Å². The van der Waals surface area contributed by atoms with Crippen LogP contribution >= 0.6 is 11.6 Å². The maximum atomic E-state index is 13.3. The predicted octanol–water partition coefficient (Wildman–Crippen LogP) is 5.36. The third-order valence-corrected chi connectivity index (χ3v) is 7.69. The summed E-state index contributed by atoms with van der Waals surface area (Å²) in [5, 5.41) is 9.51. The minimum atomic E-state index is -0.0663. The highest BCUT2D eigenvalue weighted by atomic mass is 35.5. The Labute approximate surface area is 216 Å². The summed E-state index contributed by atoms with van der Waals surface area (Å²) in [6.45, 7) is 13.2. The highest BCUT2D eigenvalue weighted by Gasteiger charge is 2.35. The van der Waals surface area contributed by atoms with Gasteiger partial charge in [-0.05, 0) is 55.4 Å². The van der Waals surface area contributed by atoms with Crippen molar-refractivity contribution < 1.29 is 9.59 Å². The summed E-state index contributed by atoms with van der Waals surface area (Å²) in [6.07, 6.45) is 5.41. The minimum absolute atomic E-state index is 0.0646. The average Bonchev–Trinajstić information content (AvgIpc) is 3.47. The fourth-order valence-electron chi connectivity index (χ4n) is 5.30. The zero-order chi connectivity index (χ0) is 25.8. The van der Waals surface area contributed by atoms with Crippen LogP contribution in [0.25, 0.3) is 10.9 Å². The summed E-state index contributed by atoms with van der Waals surface area (Å²) in [7, 11) is 0. The number of benzene rings is 1. The van der Waals surface area contributed by atoms with E-state index in [1.807, 2.05) is 13.0 Å². The summed E-state index contributed by atoms with van der Waals surface area (Å²) in [5.41, 5.74) is 4.51. The second kappa shape index (κ2) is 9.18. The van der Waals surface area contributed by atoms with Gasteiger partial charge in [-0.2, -0.15) is 5.10 Å². The molecule has 1 amide bonds. The number of aryl methyl sites for hydroxylation is 3. The summed E-state index contributed by atoms with van der Waals surface area (Å²) in [6, 6.07) is 4.45. The van der Waals surface area contributed by atoms with Crippen LogP contribution in [0.3, 0.4) is 0 Å². The van der Waals surface area contributed by atoms with Crippen molar-refractivity contribution in [1.82, 2.24) is 24.6 Å². The molecule has 190 valence electrons. The third kappa shape index (κ3) is 4.61. The second-order valence-electron chi connectivity index (χ2n) is 11.3. The fraction of sp³-hybridized carbons (Fsp3) is 0.500. The van der Waals surface area contributed by atoms with Gasteiger partial charge in [0, 0.05) is 54.0 Å². The molecular weight excluding hydrogens is 474 g/mol. The van der Waals surface area contributed by atoms with Crippen molar-refractivity contribution in [3.8, 4) is 0 Å². The highest BCUT2D eigenvalue weighted by molar-refractivity contribution is 6.32. The first-order valence-corrected chi connectivity index (χ1v) is 13.1. The van der Waals surface area contributed by atoms with E-state index in [0.29, 0.717) is 25.6 Å². The number of halogens is 1. The lowest BCUT2D eigenvalue weighted by atomic mass is 9.86. The Bertz CT molecular complexity index is 1350. The summed E-state index contributed by atoms with van der Waals surface area (Å²) in [4.78, 5) is 31.7. The number of fused-ring (bicyclic) bond motifs is 1. The number of amides is 1. The van der Waals surface area contributed by atoms with Gasteiger partial charge in [-0.1, -0.05) is 39.0 Å². The lowest BCUT2D eigenvalue weighted by Crippen LogP contribution is -2.50. The Morgan fingerprint density at radius 3 is 2.58 bits per heavy atom. The molecule has 3 heterocycles. The first-order chi connectivity index (χ1) is 17.1. The standard InChI is InChI=1S/C28H34ClN5O2/c1-6-26(36)33-14-17(15-33)11-24(35)27-16(2)30-25(34(27)18-7-8-18)10-9-22-19-12-20(28(3,4)5)21(29)13-23(19)32-31-22/h6,12-13,17-18H,1,7-11,14-15H2,2-5H3,(H,31,32). The molecule has 0 bridgehead atoms. The van der Waals surface area contributed by atoms with E-state index in [4.69, 9.17) is 16.6 Å². The van der Waals surface area contributed by atoms with Crippen LogP contribution in [0.5, 0.6) is 0 Å². The minimum Gasteiger partial charge on any atom is -0.338 e. The Morgan fingerprint density at radius 2 is 1.94 bits per heavy atom. The van der Waals surface area contributed by atoms with Crippen LogP contribution in [0.1, 0.15) is 79.3 Å². The normalized spacial score (nSPS) is 16.4. The second-order valence-corrected chi connectivity index (χ2v) is 11.7. The van der Waals surface area contributed by atoms with Crippen molar-refractivity contribution in [3.05, 3.63) is 58.3 Å². The van der Waals surface area contributed by atoms with Crippen LogP contribution in [0, 0.1) is 12.8 Å². The van der Waals surface area contributed by atoms with E-state index in [0.717, 1.165) is 70.1 Å². The molecular formula is C28H34ClN5O2. The number of nitrogens with zero attached hydrogens (tertiary/aromatic N) is 4. The van der Waals surface area contributed by atoms with Crippen molar-refractivity contribution in [1.29, 1.82) is 0 Å². The van der Waals surface area contributed by atoms with Crippen molar-refractivity contribution in [2.75, 3.05) is 13.1 Å². The third-order valence-electron chi connectivity index (χ3n) is 7.38. The van der Waals surface area contributed by atoms with Crippen LogP contribution in [0.4, 0.5) is 0 Å². The number of carbonyl (C=O) groups is 2. The molecule has 1 aliphatic carbocycles. The summed E-state index contributed by atoms with van der Waals surface area (Å²) < 4.78 is 2.19. The maximum absolute atomic E-state index is 13.3. The monoisotopic (exact) mass is 507 g/mol. The van der Waals surface area contributed by atoms with Gasteiger partial charge in [-0.15, -0.1) is 0 Å². The summed E-state index contributed by atoms with van der Waals surface area (Å²) in [5.74, 6) is 1.23. The van der Waals surface area contributed by atoms with Crippen LogP contribution in [0.2, 0.25) is 5.02 Å². The first kappa shape index (κ1) is 24.8. The number of ketones is 1. The molecule has 36 heavy (non-hydrogen) atoms. The smallest absolute Gasteiger partial charge is 0.245 e. The van der Waals surface area contributed by atoms with Crippen molar-refractivity contribution in [2.45, 2.75) is 71.3 Å². The molecule has 1 aliphatic heterocycles. The predicted molar refractivity (Wildman–Crippen MR) is 142 cm³/mol. The molecule has 2 aliphatic rings. The Kier molecular flexibility index (Phi) is 6.31. The number of likely N-dealkylation sites (tertiary alicyclic amines) is 1. The van der Waals surface area contributed by atoms with Gasteiger partial charge in [0.2, 0.25) is 5.91 Å². The van der Waals surface area contributed by atoms with Crippen molar-refractivity contribution in [2.24, 2.45) is 5.92 Å². The van der Waals surface area contributed by atoms with Gasteiger partial charge in [0.15, 0.2) is 5.78 Å². The molecule has 0 spiro atoms. The number of rotatable bonds is 8. The van der Waals surface area contributed by atoms with E-state index in [2.05, 4.69) is 48.2 Å². The number of hydrogen-bond acceptors (Lipinski definition) is 4. The van der Waals surface area contributed by atoms with Crippen LogP contribution in [-0.4, -0.2) is 49.4 Å². The molecule has 0 atom stereocenters. The van der Waals surface area contributed by atoms with E-state index in [9.17, 15) is 9.59 Å². The molecule has 7 nitrogen and oxygen atoms in total. The van der Waals surface area contributed by atoms with E-state index < -0.39 is 0 Å². The van der Waals surface area contributed by atoms with E-state index in [1.165, 1.54) is 6.08 Å². The Hall–Kier alpha value is -2.93. The molecule has 1 N–H and O–H groups in total. The fourth-order valence-corrected chi connectivity index (χ4v) is 5.74. The number of imidazole rings is 1.